The summed E-state index contributed by atoms with van der Waals surface area (Å²) in [6, 6.07) is 8.48. The molecule has 0 saturated heterocycles. The molecule has 5 N–H and O–H groups in total. The van der Waals surface area contributed by atoms with Gasteiger partial charge in [-0.3, -0.25) is 4.79 Å². The number of amides is 1. The molecule has 0 radical (unpaired) electrons. The molecule has 0 saturated carbocycles. The van der Waals surface area contributed by atoms with E-state index in [4.69, 9.17) is 10.5 Å². The zero-order valence-corrected chi connectivity index (χ0v) is 10.8. The van der Waals surface area contributed by atoms with Crippen LogP contribution in [0.25, 0.3) is 0 Å². The van der Waals surface area contributed by atoms with Crippen LogP contribution in [0.5, 0.6) is 17.2 Å². The van der Waals surface area contributed by atoms with Crippen LogP contribution in [-0.2, 0) is 0 Å². The Morgan fingerprint density at radius 2 is 1.95 bits per heavy atom. The number of rotatable bonds is 3. The molecule has 0 unspecified atom stereocenters. The molecular weight excluding hydrogens is 260 g/mol. The van der Waals surface area contributed by atoms with Gasteiger partial charge in [-0.25, -0.2) is 0 Å². The van der Waals surface area contributed by atoms with E-state index in [1.165, 1.54) is 25.3 Å². The van der Waals surface area contributed by atoms with Gasteiger partial charge in [0.25, 0.3) is 5.91 Å². The first-order valence-corrected chi connectivity index (χ1v) is 5.78. The van der Waals surface area contributed by atoms with E-state index in [0.717, 1.165) is 0 Å². The van der Waals surface area contributed by atoms with Gasteiger partial charge in [-0.2, -0.15) is 0 Å². The number of nitrogens with two attached hydrogens (primary N) is 1. The van der Waals surface area contributed by atoms with Crippen LogP contribution >= 0.6 is 0 Å². The van der Waals surface area contributed by atoms with Crippen LogP contribution < -0.4 is 15.8 Å². The number of methoxy groups -OCH3 is 1. The molecule has 6 nitrogen and oxygen atoms in total. The standard InChI is InChI=1S/C14H14N2O4/c1-20-13-6-8(2-4-11(13)15)16-14(19)10-7-9(17)3-5-12(10)18/h2-7,17-18H,15H2,1H3,(H,16,19). The van der Waals surface area contributed by atoms with Gasteiger partial charge in [0.15, 0.2) is 0 Å². The molecule has 1 amide bonds. The number of benzene rings is 2. The van der Waals surface area contributed by atoms with Crippen molar-refractivity contribution in [2.24, 2.45) is 0 Å². The highest BCUT2D eigenvalue weighted by Crippen LogP contribution is 2.27. The molecule has 20 heavy (non-hydrogen) atoms. The van der Waals surface area contributed by atoms with Crippen molar-refractivity contribution in [1.29, 1.82) is 0 Å². The van der Waals surface area contributed by atoms with Gasteiger partial charge >= 0.3 is 0 Å². The first-order valence-electron chi connectivity index (χ1n) is 5.78. The average Bonchev–Trinajstić information content (AvgIpc) is 2.43. The minimum absolute atomic E-state index is 0.0270. The summed E-state index contributed by atoms with van der Waals surface area (Å²) in [5.74, 6) is -0.446. The highest BCUT2D eigenvalue weighted by Gasteiger charge is 2.13. The summed E-state index contributed by atoms with van der Waals surface area (Å²) < 4.78 is 5.05. The lowest BCUT2D eigenvalue weighted by Gasteiger charge is -2.10. The lowest BCUT2D eigenvalue weighted by molar-refractivity contribution is 0.102. The number of phenols is 2. The Hall–Kier alpha value is -2.89. The van der Waals surface area contributed by atoms with E-state index in [9.17, 15) is 15.0 Å². The van der Waals surface area contributed by atoms with Crippen molar-refractivity contribution in [2.45, 2.75) is 0 Å². The highest BCUT2D eigenvalue weighted by atomic mass is 16.5. The third kappa shape index (κ3) is 2.74. The molecule has 0 aromatic heterocycles. The van der Waals surface area contributed by atoms with Crippen molar-refractivity contribution in [3.8, 4) is 17.2 Å². The van der Waals surface area contributed by atoms with Crippen LogP contribution in [0.15, 0.2) is 36.4 Å². The van der Waals surface area contributed by atoms with E-state index in [0.29, 0.717) is 17.1 Å². The second kappa shape index (κ2) is 5.40. The lowest BCUT2D eigenvalue weighted by atomic mass is 10.1. The molecule has 2 rings (SSSR count). The zero-order valence-electron chi connectivity index (χ0n) is 10.8. The maximum atomic E-state index is 12.0. The van der Waals surface area contributed by atoms with Gasteiger partial charge in [-0.1, -0.05) is 0 Å². The number of phenolic OH excluding ortho intramolecular Hbond substituents is 2. The van der Waals surface area contributed by atoms with E-state index < -0.39 is 5.91 Å². The normalized spacial score (nSPS) is 10.1. The summed E-state index contributed by atoms with van der Waals surface area (Å²) in [6.07, 6.45) is 0. The number of carbonyl (C=O) groups is 1. The highest BCUT2D eigenvalue weighted by molar-refractivity contribution is 6.06. The zero-order chi connectivity index (χ0) is 14.7. The molecule has 0 bridgehead atoms. The van der Waals surface area contributed by atoms with Crippen molar-refractivity contribution >= 4 is 17.3 Å². The predicted octanol–water partition coefficient (Wildman–Crippen LogP) is 1.94. The molecule has 104 valence electrons. The van der Waals surface area contributed by atoms with Crippen molar-refractivity contribution in [3.05, 3.63) is 42.0 Å². The predicted molar refractivity (Wildman–Crippen MR) is 75.1 cm³/mol. The summed E-state index contributed by atoms with van der Waals surface area (Å²) in [5.41, 5.74) is 6.56. The minimum atomic E-state index is -0.551. The number of anilines is 2. The maximum Gasteiger partial charge on any atom is 0.259 e. The maximum absolute atomic E-state index is 12.0. The third-order valence-corrected chi connectivity index (χ3v) is 2.72. The van der Waals surface area contributed by atoms with Crippen molar-refractivity contribution in [2.75, 3.05) is 18.2 Å². The fraction of sp³-hybridized carbons (Fsp3) is 0.0714. The van der Waals surface area contributed by atoms with E-state index in [2.05, 4.69) is 5.32 Å². The lowest BCUT2D eigenvalue weighted by Crippen LogP contribution is -2.12. The Bertz CT molecular complexity index is 656. The first kappa shape index (κ1) is 13.5. The van der Waals surface area contributed by atoms with E-state index >= 15 is 0 Å². The second-order valence-electron chi connectivity index (χ2n) is 4.11. The quantitative estimate of drug-likeness (QED) is 0.505. The summed E-state index contributed by atoms with van der Waals surface area (Å²) >= 11 is 0. The Balaban J connectivity index is 2.25. The van der Waals surface area contributed by atoms with Gasteiger partial charge in [0.1, 0.15) is 17.2 Å². The summed E-state index contributed by atoms with van der Waals surface area (Å²) in [7, 11) is 1.47. The Morgan fingerprint density at radius 3 is 2.65 bits per heavy atom. The van der Waals surface area contributed by atoms with Crippen LogP contribution in [0.3, 0.4) is 0 Å². The SMILES string of the molecule is COc1cc(NC(=O)c2cc(O)ccc2O)ccc1N. The van der Waals surface area contributed by atoms with Crippen LogP contribution in [0.4, 0.5) is 11.4 Å². The first-order chi connectivity index (χ1) is 9.51. The fourth-order valence-corrected chi connectivity index (χ4v) is 1.69. The van der Waals surface area contributed by atoms with Gasteiger partial charge < -0.3 is 26.0 Å². The Morgan fingerprint density at radius 1 is 1.20 bits per heavy atom. The molecule has 0 fully saturated rings. The van der Waals surface area contributed by atoms with E-state index in [1.54, 1.807) is 18.2 Å². The number of nitrogens with one attached hydrogen (secondary N) is 1. The molecule has 0 aliphatic rings. The Labute approximate surface area is 115 Å². The van der Waals surface area contributed by atoms with Crippen LogP contribution in [0.2, 0.25) is 0 Å². The molecule has 6 heteroatoms. The number of hydrogen-bond donors (Lipinski definition) is 4. The molecule has 0 spiro atoms. The topological polar surface area (TPSA) is 105 Å². The van der Waals surface area contributed by atoms with Gasteiger partial charge in [0, 0.05) is 11.8 Å². The number of nitrogen functional groups attached to an aromatic ring is 1. The number of hydrogen-bond acceptors (Lipinski definition) is 5. The molecule has 2 aromatic carbocycles. The van der Waals surface area contributed by atoms with Gasteiger partial charge in [0.2, 0.25) is 0 Å². The van der Waals surface area contributed by atoms with Gasteiger partial charge in [-0.15, -0.1) is 0 Å². The van der Waals surface area contributed by atoms with Crippen LogP contribution in [-0.4, -0.2) is 23.2 Å². The van der Waals surface area contributed by atoms with Gasteiger partial charge in [-0.05, 0) is 30.3 Å². The number of carbonyl (C=O) groups excluding carboxylic acids is 1. The second-order valence-corrected chi connectivity index (χ2v) is 4.11. The summed E-state index contributed by atoms with van der Waals surface area (Å²) in [5, 5.41) is 21.5. The number of ether oxygens (including phenoxy) is 1. The smallest absolute Gasteiger partial charge is 0.259 e. The molecule has 0 atom stereocenters. The molecule has 0 aliphatic heterocycles. The summed E-state index contributed by atoms with van der Waals surface area (Å²) in [4.78, 5) is 12.0. The third-order valence-electron chi connectivity index (χ3n) is 2.72. The van der Waals surface area contributed by atoms with Crippen LogP contribution in [0, 0.1) is 0 Å². The fourth-order valence-electron chi connectivity index (χ4n) is 1.69. The number of aromatic hydroxyl groups is 2. The molecule has 0 aliphatic carbocycles. The largest absolute Gasteiger partial charge is 0.508 e. The van der Waals surface area contributed by atoms with Crippen molar-refractivity contribution < 1.29 is 19.7 Å². The Kier molecular flexibility index (Phi) is 3.65. The van der Waals surface area contributed by atoms with Crippen LogP contribution in [0.1, 0.15) is 10.4 Å². The van der Waals surface area contributed by atoms with Crippen molar-refractivity contribution in [3.63, 3.8) is 0 Å². The molecular formula is C14H14N2O4. The molecule has 2 aromatic rings. The summed E-state index contributed by atoms with van der Waals surface area (Å²) in [6.45, 7) is 0. The van der Waals surface area contributed by atoms with Gasteiger partial charge in [0.05, 0.1) is 18.4 Å². The van der Waals surface area contributed by atoms with Crippen molar-refractivity contribution in [1.82, 2.24) is 0 Å². The monoisotopic (exact) mass is 274 g/mol. The van der Waals surface area contributed by atoms with E-state index in [-0.39, 0.29) is 17.1 Å². The molecule has 0 heterocycles. The van der Waals surface area contributed by atoms with E-state index in [1.807, 2.05) is 0 Å². The average molecular weight is 274 g/mol. The minimum Gasteiger partial charge on any atom is -0.508 e.